The molecule has 182 valence electrons. The second-order valence-corrected chi connectivity index (χ2v) is 9.57. The fourth-order valence-corrected chi connectivity index (χ4v) is 4.72. The largest absolute Gasteiger partial charge is 0.480 e. The standard InChI is InChI=1S/C27H35N3O4/c1-18(2)16-30(21-9-5-4-6-10-21)24-14-13-20(19(3)33-17-26(31)32)15-23(24)29-27-28-22-11-7-8-12-25(22)34-27/h7-8,11-15,18-19,21H,4-6,9-10,16-17H2,1-3H3,(H,28,29)(H,31,32). The molecule has 0 saturated heterocycles. The van der Waals surface area contributed by atoms with Crippen molar-refractivity contribution >= 4 is 34.5 Å². The zero-order chi connectivity index (χ0) is 24.1. The Morgan fingerprint density at radius 3 is 2.65 bits per heavy atom. The maximum atomic E-state index is 11.0. The van der Waals surface area contributed by atoms with E-state index in [4.69, 9.17) is 14.3 Å². The Kier molecular flexibility index (Phi) is 7.73. The summed E-state index contributed by atoms with van der Waals surface area (Å²) in [5.74, 6) is -0.467. The van der Waals surface area contributed by atoms with Gasteiger partial charge in [0.25, 0.3) is 6.01 Å². The van der Waals surface area contributed by atoms with Crippen LogP contribution in [0.5, 0.6) is 0 Å². The molecule has 1 heterocycles. The summed E-state index contributed by atoms with van der Waals surface area (Å²) in [5.41, 5.74) is 4.43. The lowest BCUT2D eigenvalue weighted by atomic mass is 9.92. The SMILES string of the molecule is CC(C)CN(c1ccc(C(C)OCC(=O)O)cc1Nc1nc2ccccc2o1)C1CCCCC1. The van der Waals surface area contributed by atoms with Gasteiger partial charge in [-0.2, -0.15) is 4.98 Å². The number of benzene rings is 2. The van der Waals surface area contributed by atoms with Crippen LogP contribution in [0, 0.1) is 5.92 Å². The van der Waals surface area contributed by atoms with E-state index in [1.54, 1.807) is 0 Å². The fraction of sp³-hybridized carbons (Fsp3) is 0.481. The maximum absolute atomic E-state index is 11.0. The van der Waals surface area contributed by atoms with Gasteiger partial charge in [-0.15, -0.1) is 0 Å². The summed E-state index contributed by atoms with van der Waals surface area (Å²) < 4.78 is 11.5. The molecule has 1 unspecified atom stereocenters. The van der Waals surface area contributed by atoms with Gasteiger partial charge in [-0.1, -0.05) is 51.3 Å². The van der Waals surface area contributed by atoms with E-state index in [0.29, 0.717) is 18.0 Å². The van der Waals surface area contributed by atoms with Crippen molar-refractivity contribution in [3.05, 3.63) is 48.0 Å². The van der Waals surface area contributed by atoms with Crippen molar-refractivity contribution in [3.8, 4) is 0 Å². The first-order valence-corrected chi connectivity index (χ1v) is 12.3. The Hall–Kier alpha value is -3.06. The smallest absolute Gasteiger partial charge is 0.329 e. The molecule has 2 N–H and O–H groups in total. The Balaban J connectivity index is 1.71. The van der Waals surface area contributed by atoms with Crippen LogP contribution in [0.4, 0.5) is 17.4 Å². The van der Waals surface area contributed by atoms with E-state index in [0.717, 1.165) is 34.6 Å². The first-order chi connectivity index (χ1) is 16.4. The molecule has 1 atom stereocenters. The number of aliphatic carboxylic acids is 1. The number of rotatable bonds is 10. The van der Waals surface area contributed by atoms with Crippen molar-refractivity contribution in [3.63, 3.8) is 0 Å². The van der Waals surface area contributed by atoms with E-state index in [1.165, 1.54) is 32.1 Å². The van der Waals surface area contributed by atoms with Gasteiger partial charge >= 0.3 is 5.97 Å². The van der Waals surface area contributed by atoms with Gasteiger partial charge in [0.15, 0.2) is 5.58 Å². The Bertz CT molecular complexity index is 1070. The monoisotopic (exact) mass is 465 g/mol. The molecular formula is C27H35N3O4. The van der Waals surface area contributed by atoms with Gasteiger partial charge in [0.2, 0.25) is 0 Å². The van der Waals surface area contributed by atoms with Gasteiger partial charge in [0.05, 0.1) is 17.5 Å². The molecule has 2 aromatic carbocycles. The van der Waals surface area contributed by atoms with Crippen LogP contribution in [0.15, 0.2) is 46.9 Å². The van der Waals surface area contributed by atoms with Crippen LogP contribution in [0.25, 0.3) is 11.1 Å². The average Bonchev–Trinajstić information content (AvgIpc) is 3.24. The number of ether oxygens (including phenoxy) is 1. The van der Waals surface area contributed by atoms with Crippen molar-refractivity contribution < 1.29 is 19.1 Å². The fourth-order valence-electron chi connectivity index (χ4n) is 4.72. The third-order valence-corrected chi connectivity index (χ3v) is 6.37. The second kappa shape index (κ2) is 10.9. The zero-order valence-electron chi connectivity index (χ0n) is 20.3. The van der Waals surface area contributed by atoms with Gasteiger partial charge in [0.1, 0.15) is 12.1 Å². The molecule has 1 saturated carbocycles. The molecule has 1 aliphatic carbocycles. The quantitative estimate of drug-likeness (QED) is 0.352. The summed E-state index contributed by atoms with van der Waals surface area (Å²) in [6.45, 7) is 6.99. The molecular weight excluding hydrogens is 430 g/mol. The molecule has 0 radical (unpaired) electrons. The Morgan fingerprint density at radius 1 is 1.18 bits per heavy atom. The normalized spacial score (nSPS) is 15.5. The third kappa shape index (κ3) is 5.89. The third-order valence-electron chi connectivity index (χ3n) is 6.37. The number of hydrogen-bond donors (Lipinski definition) is 2. The molecule has 7 heteroatoms. The molecule has 1 aromatic heterocycles. The van der Waals surface area contributed by atoms with Crippen molar-refractivity contribution in [2.45, 2.75) is 65.0 Å². The first-order valence-electron chi connectivity index (χ1n) is 12.3. The molecule has 4 rings (SSSR count). The number of carbonyl (C=O) groups is 1. The van der Waals surface area contributed by atoms with Gasteiger partial charge in [-0.3, -0.25) is 0 Å². The molecule has 1 fully saturated rings. The predicted molar refractivity (Wildman–Crippen MR) is 135 cm³/mol. The van der Waals surface area contributed by atoms with Gasteiger partial charge in [0, 0.05) is 12.6 Å². The van der Waals surface area contributed by atoms with Crippen LogP contribution in [-0.4, -0.2) is 35.3 Å². The average molecular weight is 466 g/mol. The molecule has 0 amide bonds. The molecule has 0 spiro atoms. The lowest BCUT2D eigenvalue weighted by Crippen LogP contribution is -2.39. The van der Waals surface area contributed by atoms with Crippen LogP contribution in [0.2, 0.25) is 0 Å². The highest BCUT2D eigenvalue weighted by molar-refractivity contribution is 5.78. The van der Waals surface area contributed by atoms with Crippen LogP contribution in [0.1, 0.15) is 64.5 Å². The highest BCUT2D eigenvalue weighted by Gasteiger charge is 2.25. The molecule has 7 nitrogen and oxygen atoms in total. The van der Waals surface area contributed by atoms with Crippen LogP contribution < -0.4 is 10.2 Å². The van der Waals surface area contributed by atoms with E-state index < -0.39 is 5.97 Å². The number of carboxylic acid groups (broad SMARTS) is 1. The maximum Gasteiger partial charge on any atom is 0.329 e. The number of fused-ring (bicyclic) bond motifs is 1. The Morgan fingerprint density at radius 2 is 1.94 bits per heavy atom. The number of oxazole rings is 1. The van der Waals surface area contributed by atoms with Crippen LogP contribution in [-0.2, 0) is 9.53 Å². The molecule has 1 aliphatic rings. The molecule has 34 heavy (non-hydrogen) atoms. The summed E-state index contributed by atoms with van der Waals surface area (Å²) in [5, 5.41) is 12.4. The molecule has 0 aliphatic heterocycles. The number of carboxylic acids is 1. The predicted octanol–water partition coefficient (Wildman–Crippen LogP) is 6.53. The summed E-state index contributed by atoms with van der Waals surface area (Å²) in [6.07, 6.45) is 5.83. The van der Waals surface area contributed by atoms with E-state index in [-0.39, 0.29) is 12.7 Å². The minimum atomic E-state index is -0.978. The van der Waals surface area contributed by atoms with E-state index in [2.05, 4.69) is 35.1 Å². The van der Waals surface area contributed by atoms with Gasteiger partial charge in [-0.05, 0) is 55.5 Å². The summed E-state index contributed by atoms with van der Waals surface area (Å²) in [7, 11) is 0. The second-order valence-electron chi connectivity index (χ2n) is 9.57. The van der Waals surface area contributed by atoms with Crippen LogP contribution >= 0.6 is 0 Å². The minimum absolute atomic E-state index is 0.335. The van der Waals surface area contributed by atoms with Crippen LogP contribution in [0.3, 0.4) is 0 Å². The lowest BCUT2D eigenvalue weighted by molar-refractivity contribution is -0.144. The summed E-state index contributed by atoms with van der Waals surface area (Å²) in [6, 6.07) is 14.8. The minimum Gasteiger partial charge on any atom is -0.480 e. The first kappa shape index (κ1) is 24.1. The van der Waals surface area contributed by atoms with Gasteiger partial charge in [-0.25, -0.2) is 4.79 Å². The van der Waals surface area contributed by atoms with E-state index in [1.807, 2.05) is 43.3 Å². The van der Waals surface area contributed by atoms with Crippen molar-refractivity contribution in [1.29, 1.82) is 0 Å². The molecule has 3 aromatic rings. The number of nitrogens with one attached hydrogen (secondary N) is 1. The van der Waals surface area contributed by atoms with Crippen molar-refractivity contribution in [2.75, 3.05) is 23.4 Å². The van der Waals surface area contributed by atoms with Crippen molar-refractivity contribution in [2.24, 2.45) is 5.92 Å². The zero-order valence-corrected chi connectivity index (χ0v) is 20.3. The van der Waals surface area contributed by atoms with Crippen molar-refractivity contribution in [1.82, 2.24) is 4.98 Å². The highest BCUT2D eigenvalue weighted by atomic mass is 16.5. The number of aromatic nitrogens is 1. The van der Waals surface area contributed by atoms with Gasteiger partial charge < -0.3 is 24.5 Å². The highest BCUT2D eigenvalue weighted by Crippen LogP contribution is 2.37. The number of anilines is 3. The number of para-hydroxylation sites is 2. The molecule has 0 bridgehead atoms. The number of hydrogen-bond acceptors (Lipinski definition) is 6. The van der Waals surface area contributed by atoms with E-state index >= 15 is 0 Å². The summed E-state index contributed by atoms with van der Waals surface area (Å²) >= 11 is 0. The lowest BCUT2D eigenvalue weighted by Gasteiger charge is -2.38. The van der Waals surface area contributed by atoms with E-state index in [9.17, 15) is 4.79 Å². The number of nitrogens with zero attached hydrogens (tertiary/aromatic N) is 2. The summed E-state index contributed by atoms with van der Waals surface area (Å²) in [4.78, 5) is 18.1. The Labute approximate surface area is 201 Å². The topological polar surface area (TPSA) is 87.8 Å².